The summed E-state index contributed by atoms with van der Waals surface area (Å²) in [7, 11) is 0. The average Bonchev–Trinajstić information content (AvgIpc) is 2.46. The first kappa shape index (κ1) is 16.2. The second kappa shape index (κ2) is 6.27. The summed E-state index contributed by atoms with van der Waals surface area (Å²) in [6.07, 6.45) is 0. The van der Waals surface area contributed by atoms with Crippen LogP contribution in [0, 0.1) is 17.0 Å². The molecule has 0 radical (unpaired) electrons. The van der Waals surface area contributed by atoms with Crippen LogP contribution in [0.2, 0.25) is 0 Å². The maximum absolute atomic E-state index is 12.6. The maximum atomic E-state index is 12.6. The Labute approximate surface area is 132 Å². The van der Waals surface area contributed by atoms with Crippen molar-refractivity contribution in [3.63, 3.8) is 0 Å². The van der Waals surface area contributed by atoms with E-state index < -0.39 is 16.7 Å². The first-order valence-electron chi connectivity index (χ1n) is 6.77. The number of hydrogen-bond acceptors (Lipinski definition) is 5. The normalized spacial score (nSPS) is 10.2. The van der Waals surface area contributed by atoms with Crippen molar-refractivity contribution in [3.05, 3.63) is 63.7 Å². The van der Waals surface area contributed by atoms with E-state index in [1.54, 1.807) is 18.2 Å². The van der Waals surface area contributed by atoms with Gasteiger partial charge in [0, 0.05) is 29.8 Å². The molecule has 0 bridgehead atoms. The van der Waals surface area contributed by atoms with Crippen LogP contribution in [-0.2, 0) is 4.79 Å². The Morgan fingerprint density at radius 1 is 1.17 bits per heavy atom. The number of amides is 2. The predicted molar refractivity (Wildman–Crippen MR) is 86.2 cm³/mol. The van der Waals surface area contributed by atoms with Gasteiger partial charge in [0.1, 0.15) is 0 Å². The lowest BCUT2D eigenvalue weighted by Crippen LogP contribution is -2.35. The van der Waals surface area contributed by atoms with E-state index in [1.807, 2.05) is 0 Å². The number of benzene rings is 2. The topological polar surface area (TPSA) is 107 Å². The Balaban J connectivity index is 2.45. The first-order valence-corrected chi connectivity index (χ1v) is 6.77. The van der Waals surface area contributed by atoms with E-state index >= 15 is 0 Å². The summed E-state index contributed by atoms with van der Waals surface area (Å²) in [4.78, 5) is 35.8. The van der Waals surface area contributed by atoms with Crippen molar-refractivity contribution in [1.29, 1.82) is 0 Å². The Kier molecular flexibility index (Phi) is 4.40. The molecule has 2 aromatic carbocycles. The lowest BCUT2D eigenvalue weighted by molar-refractivity contribution is -0.385. The largest absolute Gasteiger partial charge is 0.399 e. The fraction of sp³-hybridized carbons (Fsp3) is 0.125. The summed E-state index contributed by atoms with van der Waals surface area (Å²) >= 11 is 0. The summed E-state index contributed by atoms with van der Waals surface area (Å²) in [5.74, 6) is -1.04. The third-order valence-electron chi connectivity index (χ3n) is 3.29. The van der Waals surface area contributed by atoms with Gasteiger partial charge in [-0.15, -0.1) is 0 Å². The third kappa shape index (κ3) is 3.34. The fourth-order valence-corrected chi connectivity index (χ4v) is 2.23. The number of nitro benzene ring substituents is 1. The molecule has 23 heavy (non-hydrogen) atoms. The van der Waals surface area contributed by atoms with Crippen LogP contribution in [0.5, 0.6) is 0 Å². The number of nitro groups is 1. The number of carbonyl (C=O) groups is 2. The average molecular weight is 313 g/mol. The molecule has 2 aromatic rings. The molecule has 0 fully saturated rings. The van der Waals surface area contributed by atoms with Crippen LogP contribution < -0.4 is 10.6 Å². The number of nitrogens with two attached hydrogens (primary N) is 1. The summed E-state index contributed by atoms with van der Waals surface area (Å²) in [5.41, 5.74) is 6.90. The molecule has 2 N–H and O–H groups in total. The highest BCUT2D eigenvalue weighted by molar-refractivity contribution is 6.20. The van der Waals surface area contributed by atoms with Crippen molar-refractivity contribution in [2.24, 2.45) is 0 Å². The standard InChI is InChI=1S/C16H15N3O4/c1-10-8-12(6-7-15(10)19(22)23)16(21)18(11(2)20)14-5-3-4-13(17)9-14/h3-9H,17H2,1-2H3. The van der Waals surface area contributed by atoms with Crippen molar-refractivity contribution in [2.45, 2.75) is 13.8 Å². The number of imide groups is 1. The van der Waals surface area contributed by atoms with Crippen molar-refractivity contribution in [3.8, 4) is 0 Å². The molecule has 0 heterocycles. The smallest absolute Gasteiger partial charge is 0.272 e. The molecular weight excluding hydrogens is 298 g/mol. The quantitative estimate of drug-likeness (QED) is 0.532. The molecule has 0 unspecified atom stereocenters. The van der Waals surface area contributed by atoms with Crippen LogP contribution in [0.1, 0.15) is 22.8 Å². The third-order valence-corrected chi connectivity index (χ3v) is 3.29. The number of nitrogens with zero attached hydrogens (tertiary/aromatic N) is 2. The molecule has 0 saturated heterocycles. The molecule has 0 spiro atoms. The minimum absolute atomic E-state index is 0.0834. The van der Waals surface area contributed by atoms with Crippen LogP contribution in [0.3, 0.4) is 0 Å². The molecule has 0 atom stereocenters. The Morgan fingerprint density at radius 3 is 2.39 bits per heavy atom. The molecular formula is C16H15N3O4. The zero-order chi connectivity index (χ0) is 17.1. The summed E-state index contributed by atoms with van der Waals surface area (Å²) in [6.45, 7) is 2.80. The van der Waals surface area contributed by atoms with Gasteiger partial charge >= 0.3 is 0 Å². The van der Waals surface area contributed by atoms with Crippen LogP contribution in [0.25, 0.3) is 0 Å². The van der Waals surface area contributed by atoms with E-state index in [4.69, 9.17) is 5.73 Å². The molecule has 118 valence electrons. The van der Waals surface area contributed by atoms with Gasteiger partial charge in [-0.05, 0) is 37.3 Å². The number of anilines is 2. The van der Waals surface area contributed by atoms with Crippen LogP contribution >= 0.6 is 0 Å². The number of nitrogen functional groups attached to an aromatic ring is 1. The predicted octanol–water partition coefficient (Wildman–Crippen LogP) is 2.68. The summed E-state index contributed by atoms with van der Waals surface area (Å²) < 4.78 is 0. The fourth-order valence-electron chi connectivity index (χ4n) is 2.23. The second-order valence-corrected chi connectivity index (χ2v) is 5.01. The van der Waals surface area contributed by atoms with E-state index in [-0.39, 0.29) is 11.3 Å². The van der Waals surface area contributed by atoms with E-state index in [9.17, 15) is 19.7 Å². The van der Waals surface area contributed by atoms with Gasteiger partial charge in [-0.2, -0.15) is 0 Å². The van der Waals surface area contributed by atoms with Crippen molar-refractivity contribution in [2.75, 3.05) is 10.6 Å². The van der Waals surface area contributed by atoms with Gasteiger partial charge in [0.05, 0.1) is 10.6 Å². The van der Waals surface area contributed by atoms with Crippen LogP contribution in [0.15, 0.2) is 42.5 Å². The maximum Gasteiger partial charge on any atom is 0.272 e. The highest BCUT2D eigenvalue weighted by Crippen LogP contribution is 2.23. The van der Waals surface area contributed by atoms with Crippen molar-refractivity contribution in [1.82, 2.24) is 0 Å². The molecule has 7 heteroatoms. The van der Waals surface area contributed by atoms with Gasteiger partial charge in [-0.3, -0.25) is 19.7 Å². The Hall–Kier alpha value is -3.22. The Morgan fingerprint density at radius 2 is 1.87 bits per heavy atom. The minimum atomic E-state index is -0.568. The highest BCUT2D eigenvalue weighted by Gasteiger charge is 2.23. The number of carbonyl (C=O) groups excluding carboxylic acids is 2. The molecule has 7 nitrogen and oxygen atoms in total. The summed E-state index contributed by atoms with van der Waals surface area (Å²) in [5, 5.41) is 10.8. The molecule has 0 saturated carbocycles. The number of hydrogen-bond donors (Lipinski definition) is 1. The molecule has 0 aromatic heterocycles. The SMILES string of the molecule is CC(=O)N(C(=O)c1ccc([N+](=O)[O-])c(C)c1)c1cccc(N)c1. The van der Waals surface area contributed by atoms with Gasteiger partial charge in [-0.1, -0.05) is 6.07 Å². The van der Waals surface area contributed by atoms with E-state index in [0.717, 1.165) is 4.90 Å². The molecule has 0 aliphatic carbocycles. The van der Waals surface area contributed by atoms with Gasteiger partial charge in [0.2, 0.25) is 5.91 Å². The van der Waals surface area contributed by atoms with Gasteiger partial charge in [0.25, 0.3) is 11.6 Å². The Bertz CT molecular complexity index is 802. The minimum Gasteiger partial charge on any atom is -0.399 e. The number of rotatable bonds is 3. The zero-order valence-corrected chi connectivity index (χ0v) is 12.6. The van der Waals surface area contributed by atoms with Crippen LogP contribution in [0.4, 0.5) is 17.1 Å². The molecule has 0 aliphatic rings. The zero-order valence-electron chi connectivity index (χ0n) is 12.6. The van der Waals surface area contributed by atoms with Crippen molar-refractivity contribution >= 4 is 28.9 Å². The first-order chi connectivity index (χ1) is 10.8. The van der Waals surface area contributed by atoms with E-state index in [0.29, 0.717) is 16.9 Å². The lowest BCUT2D eigenvalue weighted by Gasteiger charge is -2.19. The molecule has 0 aliphatic heterocycles. The van der Waals surface area contributed by atoms with Crippen molar-refractivity contribution < 1.29 is 14.5 Å². The molecule has 2 rings (SSSR count). The monoisotopic (exact) mass is 313 g/mol. The second-order valence-electron chi connectivity index (χ2n) is 5.01. The van der Waals surface area contributed by atoms with Gasteiger partial charge in [0.15, 0.2) is 0 Å². The lowest BCUT2D eigenvalue weighted by atomic mass is 10.1. The van der Waals surface area contributed by atoms with Gasteiger partial charge < -0.3 is 5.73 Å². The van der Waals surface area contributed by atoms with E-state index in [2.05, 4.69) is 0 Å². The molecule has 2 amide bonds. The summed E-state index contributed by atoms with van der Waals surface area (Å²) in [6, 6.07) is 10.3. The van der Waals surface area contributed by atoms with Gasteiger partial charge in [-0.25, -0.2) is 4.90 Å². The highest BCUT2D eigenvalue weighted by atomic mass is 16.6. The van der Waals surface area contributed by atoms with Crippen LogP contribution in [-0.4, -0.2) is 16.7 Å². The van der Waals surface area contributed by atoms with E-state index in [1.165, 1.54) is 38.1 Å². The number of aryl methyl sites for hydroxylation is 1.